The third-order valence-electron chi connectivity index (χ3n) is 1.11. The van der Waals surface area contributed by atoms with Crippen molar-refractivity contribution in [3.05, 3.63) is 0 Å². The van der Waals surface area contributed by atoms with Gasteiger partial charge in [0.1, 0.15) is 0 Å². The number of hydrogen-bond acceptors (Lipinski definition) is 0. The molecule has 0 fully saturated rings. The molecule has 15 heavy (non-hydrogen) atoms. The molecular weight excluding hydrogens is 278 g/mol. The summed E-state index contributed by atoms with van der Waals surface area (Å²) in [5.74, 6) is -14.3. The van der Waals surface area contributed by atoms with Gasteiger partial charge in [-0.05, 0) is 0 Å². The summed E-state index contributed by atoms with van der Waals surface area (Å²) in [6.45, 7) is 0. The second-order valence-electron chi connectivity index (χ2n) is 2.14. The van der Waals surface area contributed by atoms with Crippen LogP contribution in [0.25, 0.3) is 0 Å². The van der Waals surface area contributed by atoms with Gasteiger partial charge in [-0.1, -0.05) is 0 Å². The van der Waals surface area contributed by atoms with E-state index in [1.807, 2.05) is 0 Å². The van der Waals surface area contributed by atoms with E-state index in [4.69, 9.17) is 0 Å². The van der Waals surface area contributed by atoms with Crippen LogP contribution in [0, 0.1) is 0 Å². The zero-order chi connectivity index (χ0) is 12.0. The van der Waals surface area contributed by atoms with Crippen molar-refractivity contribution < 1.29 is 43.9 Å². The van der Waals surface area contributed by atoms with E-state index in [1.54, 1.807) is 0 Å². The maximum atomic E-state index is 11.6. The van der Waals surface area contributed by atoms with E-state index in [0.29, 0.717) is 0 Å². The van der Waals surface area contributed by atoms with Crippen LogP contribution in [0.1, 0.15) is 0 Å². The standard InChI is InChI=1S/C4F10.Ca.2H/c5-1(6,3(9,10)11)2(7,8)4(12,13)14;;;. The Labute approximate surface area is 106 Å². The van der Waals surface area contributed by atoms with Gasteiger partial charge in [-0.15, -0.1) is 0 Å². The minimum atomic E-state index is -7.14. The topological polar surface area (TPSA) is 0 Å². The Morgan fingerprint density at radius 3 is 0.600 bits per heavy atom. The molecule has 0 amide bonds. The van der Waals surface area contributed by atoms with E-state index in [2.05, 4.69) is 0 Å². The molecule has 0 saturated heterocycles. The van der Waals surface area contributed by atoms with E-state index in [1.165, 1.54) is 0 Å². The van der Waals surface area contributed by atoms with Crippen LogP contribution in [0.4, 0.5) is 43.9 Å². The van der Waals surface area contributed by atoms with E-state index >= 15 is 0 Å². The molecule has 0 saturated carbocycles. The summed E-state index contributed by atoms with van der Waals surface area (Å²) >= 11 is 0. The van der Waals surface area contributed by atoms with Crippen LogP contribution in [-0.2, 0) is 0 Å². The number of hydrogen-bond donors (Lipinski definition) is 0. The molecule has 0 atom stereocenters. The van der Waals surface area contributed by atoms with Crippen LogP contribution in [0.5, 0.6) is 0 Å². The second-order valence-corrected chi connectivity index (χ2v) is 2.14. The van der Waals surface area contributed by atoms with Crippen molar-refractivity contribution in [3.8, 4) is 0 Å². The summed E-state index contributed by atoms with van der Waals surface area (Å²) in [5.41, 5.74) is 0. The van der Waals surface area contributed by atoms with Gasteiger partial charge in [0.25, 0.3) is 0 Å². The molecule has 0 aromatic heterocycles. The summed E-state index contributed by atoms with van der Waals surface area (Å²) < 4.78 is 113. The number of alkyl halides is 10. The Hall–Kier alpha value is 0.560. The quantitative estimate of drug-likeness (QED) is 0.511. The fourth-order valence-corrected chi connectivity index (χ4v) is 0.356. The van der Waals surface area contributed by atoms with Crippen molar-refractivity contribution in [1.29, 1.82) is 0 Å². The van der Waals surface area contributed by atoms with Crippen molar-refractivity contribution in [1.82, 2.24) is 0 Å². The fraction of sp³-hybridized carbons (Fsp3) is 1.00. The molecule has 0 heterocycles. The summed E-state index contributed by atoms with van der Waals surface area (Å²) in [6, 6.07) is 0. The van der Waals surface area contributed by atoms with Gasteiger partial charge < -0.3 is 0 Å². The zero-order valence-electron chi connectivity index (χ0n) is 5.78. The average molecular weight is 280 g/mol. The second kappa shape index (κ2) is 4.44. The molecule has 0 aliphatic carbocycles. The van der Waals surface area contributed by atoms with Gasteiger partial charge in [0.15, 0.2) is 0 Å². The van der Waals surface area contributed by atoms with E-state index in [9.17, 15) is 43.9 Å². The Morgan fingerprint density at radius 2 is 0.533 bits per heavy atom. The van der Waals surface area contributed by atoms with Gasteiger partial charge >= 0.3 is 61.9 Å². The third kappa shape index (κ3) is 3.02. The fourth-order valence-electron chi connectivity index (χ4n) is 0.356. The first-order chi connectivity index (χ1) is 5.75. The van der Waals surface area contributed by atoms with Crippen LogP contribution in [-0.4, -0.2) is 61.9 Å². The molecule has 0 nitrogen and oxygen atoms in total. The Morgan fingerprint density at radius 1 is 0.400 bits per heavy atom. The molecule has 0 aromatic rings. The SMILES string of the molecule is FC(F)(F)C(F)(F)C(F)(F)C(F)(F)F.[CaH2]. The Balaban J connectivity index is 0. The van der Waals surface area contributed by atoms with E-state index in [0.717, 1.165) is 0 Å². The average Bonchev–Trinajstić information content (AvgIpc) is 1.81. The van der Waals surface area contributed by atoms with Crippen molar-refractivity contribution >= 4 is 37.7 Å². The molecule has 11 heteroatoms. The van der Waals surface area contributed by atoms with Crippen molar-refractivity contribution in [2.75, 3.05) is 0 Å². The maximum absolute atomic E-state index is 11.6. The van der Waals surface area contributed by atoms with Crippen LogP contribution in [0.15, 0.2) is 0 Å². The molecule has 0 spiro atoms. The number of rotatable bonds is 1. The number of halogens is 10. The van der Waals surface area contributed by atoms with Gasteiger partial charge in [0.2, 0.25) is 0 Å². The van der Waals surface area contributed by atoms with Gasteiger partial charge in [-0.2, -0.15) is 43.9 Å². The first kappa shape index (κ1) is 17.9. The predicted molar refractivity (Wildman–Crippen MR) is 30.5 cm³/mol. The Kier molecular flexibility index (Phi) is 5.31. The van der Waals surface area contributed by atoms with E-state index < -0.39 is 24.2 Å². The van der Waals surface area contributed by atoms with Crippen LogP contribution in [0.3, 0.4) is 0 Å². The molecule has 0 aromatic carbocycles. The van der Waals surface area contributed by atoms with Crippen LogP contribution >= 0.6 is 0 Å². The molecule has 90 valence electrons. The van der Waals surface area contributed by atoms with Crippen molar-refractivity contribution in [2.24, 2.45) is 0 Å². The molecule has 0 aliphatic rings. The van der Waals surface area contributed by atoms with Crippen LogP contribution in [0.2, 0.25) is 0 Å². The molecule has 0 bridgehead atoms. The first-order valence-corrected chi connectivity index (χ1v) is 2.64. The van der Waals surface area contributed by atoms with Gasteiger partial charge in [0.05, 0.1) is 0 Å². The van der Waals surface area contributed by atoms with Gasteiger partial charge in [-0.25, -0.2) is 0 Å². The summed E-state index contributed by atoms with van der Waals surface area (Å²) in [6.07, 6.45) is -13.9. The predicted octanol–water partition coefficient (Wildman–Crippen LogP) is 2.47. The van der Waals surface area contributed by atoms with E-state index in [-0.39, 0.29) is 37.7 Å². The third-order valence-corrected chi connectivity index (χ3v) is 1.11. The normalized spacial score (nSPS) is 14.8. The summed E-state index contributed by atoms with van der Waals surface area (Å²) in [5, 5.41) is 0. The molecule has 0 aliphatic heterocycles. The monoisotopic (exact) mass is 280 g/mol. The first-order valence-electron chi connectivity index (χ1n) is 2.64. The van der Waals surface area contributed by atoms with Crippen LogP contribution < -0.4 is 0 Å². The molecule has 0 N–H and O–H groups in total. The minimum absolute atomic E-state index is 0. The van der Waals surface area contributed by atoms with Gasteiger partial charge in [0, 0.05) is 0 Å². The Bertz CT molecular complexity index is 186. The van der Waals surface area contributed by atoms with Crippen molar-refractivity contribution in [2.45, 2.75) is 24.2 Å². The molecular formula is C4H2CaF10. The molecule has 0 radical (unpaired) electrons. The van der Waals surface area contributed by atoms with Gasteiger partial charge in [-0.3, -0.25) is 0 Å². The van der Waals surface area contributed by atoms with Crippen molar-refractivity contribution in [3.63, 3.8) is 0 Å². The zero-order valence-corrected chi connectivity index (χ0v) is 5.78. The molecule has 0 rings (SSSR count). The molecule has 0 unspecified atom stereocenters. The summed E-state index contributed by atoms with van der Waals surface area (Å²) in [7, 11) is 0. The summed E-state index contributed by atoms with van der Waals surface area (Å²) in [4.78, 5) is 0.